The molecule has 0 unspecified atom stereocenters. The van der Waals surface area contributed by atoms with Gasteiger partial charge >= 0.3 is 0 Å². The molecule has 0 radical (unpaired) electrons. The number of ether oxygens (including phenoxy) is 1. The first-order chi connectivity index (χ1) is 14.2. The van der Waals surface area contributed by atoms with Gasteiger partial charge in [0, 0.05) is 30.9 Å². The van der Waals surface area contributed by atoms with E-state index in [0.29, 0.717) is 24.9 Å². The van der Waals surface area contributed by atoms with Crippen molar-refractivity contribution in [3.05, 3.63) is 53.9 Å². The van der Waals surface area contributed by atoms with Gasteiger partial charge in [-0.25, -0.2) is 0 Å². The summed E-state index contributed by atoms with van der Waals surface area (Å²) in [5, 5.41) is 0. The molecule has 0 bridgehead atoms. The molecule has 1 saturated carbocycles. The third kappa shape index (κ3) is 6.12. The molecule has 1 amide bonds. The Bertz CT molecular complexity index is 762. The molecule has 2 aromatic rings. The zero-order chi connectivity index (χ0) is 20.5. The highest BCUT2D eigenvalue weighted by Gasteiger charge is 2.26. The fraction of sp³-hybridized carbons (Fsp3) is 0.560. The summed E-state index contributed by atoms with van der Waals surface area (Å²) in [4.78, 5) is 15.3. The lowest BCUT2D eigenvalue weighted by Gasteiger charge is -2.35. The Hall–Kier alpha value is -2.23. The molecule has 29 heavy (non-hydrogen) atoms. The van der Waals surface area contributed by atoms with Crippen molar-refractivity contribution in [3.63, 3.8) is 0 Å². The molecule has 158 valence electrons. The summed E-state index contributed by atoms with van der Waals surface area (Å²) in [7, 11) is 1.70. The monoisotopic (exact) mass is 396 g/mol. The molecule has 1 fully saturated rings. The van der Waals surface area contributed by atoms with Gasteiger partial charge in [-0.1, -0.05) is 51.2 Å². The lowest BCUT2D eigenvalue weighted by molar-refractivity contribution is -0.135. The highest BCUT2D eigenvalue weighted by atomic mass is 16.5. The molecule has 3 rings (SSSR count). The van der Waals surface area contributed by atoms with Gasteiger partial charge in [0.2, 0.25) is 5.91 Å². The second kappa shape index (κ2) is 11.1. The van der Waals surface area contributed by atoms with Gasteiger partial charge in [-0.15, -0.1) is 0 Å². The fourth-order valence-corrected chi connectivity index (χ4v) is 4.37. The Kier molecular flexibility index (Phi) is 8.21. The highest BCUT2D eigenvalue weighted by molar-refractivity contribution is 5.76. The van der Waals surface area contributed by atoms with Gasteiger partial charge in [0.15, 0.2) is 0 Å². The normalized spacial score (nSPS) is 14.7. The van der Waals surface area contributed by atoms with Gasteiger partial charge in [-0.05, 0) is 49.1 Å². The average molecular weight is 397 g/mol. The number of hydrogen-bond donors (Lipinski definition) is 0. The highest BCUT2D eigenvalue weighted by Crippen LogP contribution is 2.26. The number of carbonyl (C=O) groups is 1. The van der Waals surface area contributed by atoms with E-state index in [4.69, 9.17) is 4.74 Å². The number of aromatic nitrogens is 1. The van der Waals surface area contributed by atoms with Crippen LogP contribution in [0, 0.1) is 0 Å². The van der Waals surface area contributed by atoms with Gasteiger partial charge in [-0.2, -0.15) is 0 Å². The molecule has 1 aliphatic rings. The summed E-state index contributed by atoms with van der Waals surface area (Å²) in [5.74, 6) is 1.21. The second-order valence-corrected chi connectivity index (χ2v) is 8.25. The van der Waals surface area contributed by atoms with E-state index in [-0.39, 0.29) is 0 Å². The first-order valence-electron chi connectivity index (χ1n) is 11.3. The van der Waals surface area contributed by atoms with Crippen LogP contribution in [-0.2, 0) is 17.9 Å². The van der Waals surface area contributed by atoms with Crippen LogP contribution in [-0.4, -0.2) is 28.5 Å². The Labute approximate surface area is 175 Å². The molecule has 1 aliphatic carbocycles. The van der Waals surface area contributed by atoms with E-state index in [1.807, 2.05) is 12.1 Å². The Morgan fingerprint density at radius 2 is 1.97 bits per heavy atom. The average Bonchev–Trinajstić information content (AvgIpc) is 3.19. The van der Waals surface area contributed by atoms with Crippen LogP contribution in [0.2, 0.25) is 0 Å². The van der Waals surface area contributed by atoms with Crippen LogP contribution in [0.15, 0.2) is 42.6 Å². The lowest BCUT2D eigenvalue weighted by atomic mass is 9.93. The van der Waals surface area contributed by atoms with Crippen LogP contribution in [0.1, 0.15) is 76.0 Å². The van der Waals surface area contributed by atoms with Crippen LogP contribution < -0.4 is 4.74 Å². The lowest BCUT2D eigenvalue weighted by Crippen LogP contribution is -2.41. The minimum atomic E-state index is 0.333. The number of amides is 1. The molecule has 4 nitrogen and oxygen atoms in total. The first kappa shape index (κ1) is 21.5. The van der Waals surface area contributed by atoms with Crippen LogP contribution in [0.5, 0.6) is 5.75 Å². The van der Waals surface area contributed by atoms with Crippen LogP contribution >= 0.6 is 0 Å². The maximum absolute atomic E-state index is 13.1. The molecular formula is C25H36N2O2. The maximum atomic E-state index is 13.1. The molecule has 0 atom stereocenters. The van der Waals surface area contributed by atoms with Crippen LogP contribution in [0.25, 0.3) is 0 Å². The maximum Gasteiger partial charge on any atom is 0.223 e. The molecule has 1 heterocycles. The van der Waals surface area contributed by atoms with Crippen molar-refractivity contribution in [1.29, 1.82) is 0 Å². The first-order valence-corrected chi connectivity index (χ1v) is 11.3. The molecule has 0 saturated heterocycles. The standard InChI is InChI=1S/C25H36N2O2/c1-3-4-6-16-25(28)27(22-12-7-5-8-13-22)20-23-14-10-17-26(23)19-21-11-9-15-24(18-21)29-2/h9-11,14-15,17-18,22H,3-8,12-13,16,19-20H2,1-2H3. The Morgan fingerprint density at radius 3 is 2.72 bits per heavy atom. The van der Waals surface area contributed by atoms with Crippen molar-refractivity contribution in [3.8, 4) is 5.75 Å². The molecule has 0 spiro atoms. The predicted molar refractivity (Wildman–Crippen MR) is 118 cm³/mol. The van der Waals surface area contributed by atoms with E-state index in [1.54, 1.807) is 7.11 Å². The number of methoxy groups -OCH3 is 1. The number of hydrogen-bond acceptors (Lipinski definition) is 2. The van der Waals surface area contributed by atoms with Crippen LogP contribution in [0.4, 0.5) is 0 Å². The predicted octanol–water partition coefficient (Wildman–Crippen LogP) is 5.79. The van der Waals surface area contributed by atoms with Gasteiger partial charge < -0.3 is 14.2 Å². The molecular weight excluding hydrogens is 360 g/mol. The third-order valence-corrected chi connectivity index (χ3v) is 6.07. The van der Waals surface area contributed by atoms with E-state index >= 15 is 0 Å². The smallest absolute Gasteiger partial charge is 0.223 e. The van der Waals surface area contributed by atoms with E-state index in [9.17, 15) is 4.79 Å². The molecule has 4 heteroatoms. The quantitative estimate of drug-likeness (QED) is 0.477. The van der Waals surface area contributed by atoms with E-state index in [0.717, 1.165) is 44.4 Å². The second-order valence-electron chi connectivity index (χ2n) is 8.25. The minimum absolute atomic E-state index is 0.333. The van der Waals surface area contributed by atoms with Crippen molar-refractivity contribution >= 4 is 5.91 Å². The largest absolute Gasteiger partial charge is 0.497 e. The van der Waals surface area contributed by atoms with E-state index in [2.05, 4.69) is 46.9 Å². The zero-order valence-corrected chi connectivity index (χ0v) is 18.1. The summed E-state index contributed by atoms with van der Waals surface area (Å²) in [6.07, 6.45) is 12.2. The van der Waals surface area contributed by atoms with E-state index < -0.39 is 0 Å². The zero-order valence-electron chi connectivity index (χ0n) is 18.1. The van der Waals surface area contributed by atoms with Crippen molar-refractivity contribution in [2.24, 2.45) is 0 Å². The van der Waals surface area contributed by atoms with E-state index in [1.165, 1.54) is 30.5 Å². The Morgan fingerprint density at radius 1 is 1.14 bits per heavy atom. The van der Waals surface area contributed by atoms with Gasteiger partial charge in [0.1, 0.15) is 5.75 Å². The number of unbranched alkanes of at least 4 members (excludes halogenated alkanes) is 2. The number of benzene rings is 1. The number of rotatable bonds is 10. The van der Waals surface area contributed by atoms with Crippen molar-refractivity contribution in [2.45, 2.75) is 83.8 Å². The number of nitrogens with zero attached hydrogens (tertiary/aromatic N) is 2. The SMILES string of the molecule is CCCCCC(=O)N(Cc1cccn1Cc1cccc(OC)c1)C1CCCCC1. The topological polar surface area (TPSA) is 34.5 Å². The van der Waals surface area contributed by atoms with Gasteiger partial charge in [0.05, 0.1) is 13.7 Å². The van der Waals surface area contributed by atoms with Crippen molar-refractivity contribution < 1.29 is 9.53 Å². The summed E-state index contributed by atoms with van der Waals surface area (Å²) >= 11 is 0. The summed E-state index contributed by atoms with van der Waals surface area (Å²) in [6.45, 7) is 3.70. The number of carbonyl (C=O) groups excluding carboxylic acids is 1. The fourth-order valence-electron chi connectivity index (χ4n) is 4.37. The van der Waals surface area contributed by atoms with Gasteiger partial charge in [-0.3, -0.25) is 4.79 Å². The Balaban J connectivity index is 1.73. The van der Waals surface area contributed by atoms with Gasteiger partial charge in [0.25, 0.3) is 0 Å². The van der Waals surface area contributed by atoms with Crippen molar-refractivity contribution in [1.82, 2.24) is 9.47 Å². The third-order valence-electron chi connectivity index (χ3n) is 6.07. The molecule has 0 N–H and O–H groups in total. The molecule has 1 aromatic heterocycles. The summed E-state index contributed by atoms with van der Waals surface area (Å²) in [5.41, 5.74) is 2.42. The van der Waals surface area contributed by atoms with Crippen molar-refractivity contribution in [2.75, 3.05) is 7.11 Å². The minimum Gasteiger partial charge on any atom is -0.497 e. The molecule has 1 aromatic carbocycles. The van der Waals surface area contributed by atoms with Crippen LogP contribution in [0.3, 0.4) is 0 Å². The summed E-state index contributed by atoms with van der Waals surface area (Å²) < 4.78 is 7.63. The summed E-state index contributed by atoms with van der Waals surface area (Å²) in [6, 6.07) is 12.9. The molecule has 0 aliphatic heterocycles.